The first-order valence-electron chi connectivity index (χ1n) is 6.65. The molecule has 0 unspecified atom stereocenters. The van der Waals surface area contributed by atoms with Gasteiger partial charge >= 0.3 is 0 Å². The van der Waals surface area contributed by atoms with E-state index >= 15 is 0 Å². The second-order valence-electron chi connectivity index (χ2n) is 4.78. The number of nitrogens with two attached hydrogens (primary N) is 1. The van der Waals surface area contributed by atoms with Gasteiger partial charge in [0, 0.05) is 6.54 Å². The largest absolute Gasteiger partial charge is 0.458 e. The molecule has 3 rings (SSSR count). The standard InChI is InChI=1S/C17H17NO2/c18-13-17(16-19-11-12-20-16,14-7-3-1-4-8-14)15-9-5-2-6-10-15/h1-12,16H,13,18H2. The highest BCUT2D eigenvalue weighted by molar-refractivity contribution is 5.41. The van der Waals surface area contributed by atoms with E-state index < -0.39 is 11.7 Å². The van der Waals surface area contributed by atoms with Gasteiger partial charge < -0.3 is 15.2 Å². The van der Waals surface area contributed by atoms with Crippen LogP contribution < -0.4 is 5.73 Å². The summed E-state index contributed by atoms with van der Waals surface area (Å²) in [6.07, 6.45) is 2.69. The number of rotatable bonds is 4. The van der Waals surface area contributed by atoms with Crippen molar-refractivity contribution in [1.29, 1.82) is 0 Å². The lowest BCUT2D eigenvalue weighted by Crippen LogP contribution is -2.47. The third kappa shape index (κ3) is 1.96. The molecule has 3 nitrogen and oxygen atoms in total. The first-order valence-corrected chi connectivity index (χ1v) is 6.65. The SMILES string of the molecule is NCC(c1ccccc1)(c1ccccc1)C1OC=CO1. The second-order valence-corrected chi connectivity index (χ2v) is 4.78. The quantitative estimate of drug-likeness (QED) is 0.926. The van der Waals surface area contributed by atoms with Gasteiger partial charge in [0.25, 0.3) is 6.29 Å². The Morgan fingerprint density at radius 1 is 0.800 bits per heavy atom. The molecule has 0 spiro atoms. The van der Waals surface area contributed by atoms with Crippen molar-refractivity contribution in [3.8, 4) is 0 Å². The van der Waals surface area contributed by atoms with Gasteiger partial charge in [-0.05, 0) is 11.1 Å². The van der Waals surface area contributed by atoms with Crippen molar-refractivity contribution in [3.63, 3.8) is 0 Å². The Morgan fingerprint density at radius 3 is 1.65 bits per heavy atom. The fourth-order valence-corrected chi connectivity index (χ4v) is 2.71. The van der Waals surface area contributed by atoms with Crippen molar-refractivity contribution in [1.82, 2.24) is 0 Å². The van der Waals surface area contributed by atoms with Crippen molar-refractivity contribution in [2.75, 3.05) is 6.54 Å². The minimum Gasteiger partial charge on any atom is -0.458 e. The summed E-state index contributed by atoms with van der Waals surface area (Å²) >= 11 is 0. The van der Waals surface area contributed by atoms with E-state index in [4.69, 9.17) is 15.2 Å². The average Bonchev–Trinajstić information content (AvgIpc) is 3.06. The first-order chi connectivity index (χ1) is 9.88. The highest BCUT2D eigenvalue weighted by Gasteiger charge is 2.45. The summed E-state index contributed by atoms with van der Waals surface area (Å²) in [5.41, 5.74) is 7.81. The van der Waals surface area contributed by atoms with E-state index in [0.717, 1.165) is 11.1 Å². The Hall–Kier alpha value is -2.26. The Labute approximate surface area is 118 Å². The van der Waals surface area contributed by atoms with Gasteiger partial charge in [0.1, 0.15) is 17.9 Å². The van der Waals surface area contributed by atoms with Crippen LogP contribution in [0, 0.1) is 0 Å². The van der Waals surface area contributed by atoms with Crippen LogP contribution in [0.2, 0.25) is 0 Å². The molecule has 0 atom stereocenters. The third-order valence-corrected chi connectivity index (χ3v) is 3.76. The molecule has 2 N–H and O–H groups in total. The smallest absolute Gasteiger partial charge is 0.254 e. The minimum absolute atomic E-state index is 0.396. The second kappa shape index (κ2) is 5.39. The Morgan fingerprint density at radius 2 is 1.25 bits per heavy atom. The van der Waals surface area contributed by atoms with Gasteiger partial charge in [-0.25, -0.2) is 0 Å². The van der Waals surface area contributed by atoms with Crippen LogP contribution in [0.1, 0.15) is 11.1 Å². The van der Waals surface area contributed by atoms with E-state index in [-0.39, 0.29) is 0 Å². The zero-order valence-electron chi connectivity index (χ0n) is 11.1. The highest BCUT2D eigenvalue weighted by Crippen LogP contribution is 2.38. The summed E-state index contributed by atoms with van der Waals surface area (Å²) in [7, 11) is 0. The van der Waals surface area contributed by atoms with Crippen molar-refractivity contribution < 1.29 is 9.47 Å². The topological polar surface area (TPSA) is 44.5 Å². The lowest BCUT2D eigenvalue weighted by atomic mass is 9.73. The van der Waals surface area contributed by atoms with Crippen LogP contribution in [0.15, 0.2) is 73.2 Å². The summed E-state index contributed by atoms with van der Waals surface area (Å²) in [4.78, 5) is 0. The monoisotopic (exact) mass is 267 g/mol. The molecule has 1 aliphatic heterocycles. The van der Waals surface area contributed by atoms with Crippen molar-refractivity contribution in [2.24, 2.45) is 5.73 Å². The molecule has 0 aliphatic carbocycles. The maximum Gasteiger partial charge on any atom is 0.254 e. The fraction of sp³-hybridized carbons (Fsp3) is 0.176. The summed E-state index contributed by atoms with van der Waals surface area (Å²) in [6.45, 7) is 0.396. The van der Waals surface area contributed by atoms with Gasteiger partial charge in [-0.2, -0.15) is 0 Å². The number of ether oxygens (including phenoxy) is 2. The van der Waals surface area contributed by atoms with Crippen LogP contribution in [0.5, 0.6) is 0 Å². The maximum absolute atomic E-state index is 6.16. The average molecular weight is 267 g/mol. The molecular formula is C17H17NO2. The van der Waals surface area contributed by atoms with Crippen LogP contribution in [-0.2, 0) is 14.9 Å². The van der Waals surface area contributed by atoms with Crippen molar-refractivity contribution in [2.45, 2.75) is 11.7 Å². The Bertz CT molecular complexity index is 533. The molecule has 0 aromatic heterocycles. The predicted octanol–water partition coefficient (Wildman–Crippen LogP) is 2.78. The molecule has 0 amide bonds. The summed E-state index contributed by atoms with van der Waals surface area (Å²) < 4.78 is 11.3. The molecule has 1 heterocycles. The normalized spacial score (nSPS) is 14.8. The molecule has 1 aliphatic rings. The minimum atomic E-state index is -0.522. The van der Waals surface area contributed by atoms with Gasteiger partial charge in [-0.1, -0.05) is 60.7 Å². The maximum atomic E-state index is 6.16. The van der Waals surface area contributed by atoms with Crippen molar-refractivity contribution >= 4 is 0 Å². The summed E-state index contributed by atoms with van der Waals surface area (Å²) in [6, 6.07) is 20.2. The zero-order chi connectivity index (χ0) is 13.8. The number of benzene rings is 2. The van der Waals surface area contributed by atoms with Gasteiger partial charge in [0.2, 0.25) is 0 Å². The Kier molecular flexibility index (Phi) is 3.44. The van der Waals surface area contributed by atoms with E-state index in [2.05, 4.69) is 24.3 Å². The van der Waals surface area contributed by atoms with Gasteiger partial charge in [0.05, 0.1) is 0 Å². The van der Waals surface area contributed by atoms with E-state index in [9.17, 15) is 0 Å². The van der Waals surface area contributed by atoms with Crippen LogP contribution in [0.4, 0.5) is 0 Å². The number of hydrogen-bond acceptors (Lipinski definition) is 3. The van der Waals surface area contributed by atoms with E-state index in [0.29, 0.717) is 6.54 Å². The van der Waals surface area contributed by atoms with Gasteiger partial charge in [-0.15, -0.1) is 0 Å². The predicted molar refractivity (Wildman–Crippen MR) is 77.8 cm³/mol. The lowest BCUT2D eigenvalue weighted by molar-refractivity contribution is -0.0677. The highest BCUT2D eigenvalue weighted by atomic mass is 16.7. The molecule has 20 heavy (non-hydrogen) atoms. The molecular weight excluding hydrogens is 250 g/mol. The van der Waals surface area contributed by atoms with Crippen LogP contribution in [0.25, 0.3) is 0 Å². The molecule has 2 aromatic rings. The molecule has 0 saturated heterocycles. The molecule has 2 aromatic carbocycles. The van der Waals surface area contributed by atoms with Gasteiger partial charge in [0.15, 0.2) is 0 Å². The molecule has 3 heteroatoms. The molecule has 102 valence electrons. The van der Waals surface area contributed by atoms with E-state index in [1.807, 2.05) is 36.4 Å². The first kappa shape index (κ1) is 12.8. The molecule has 0 saturated carbocycles. The number of hydrogen-bond donors (Lipinski definition) is 1. The van der Waals surface area contributed by atoms with Crippen LogP contribution >= 0.6 is 0 Å². The van der Waals surface area contributed by atoms with Gasteiger partial charge in [-0.3, -0.25) is 0 Å². The molecule has 0 fully saturated rings. The molecule has 0 bridgehead atoms. The van der Waals surface area contributed by atoms with Crippen LogP contribution in [-0.4, -0.2) is 12.8 Å². The summed E-state index contributed by atoms with van der Waals surface area (Å²) in [5, 5.41) is 0. The fourth-order valence-electron chi connectivity index (χ4n) is 2.71. The van der Waals surface area contributed by atoms with E-state index in [1.54, 1.807) is 12.5 Å². The van der Waals surface area contributed by atoms with Crippen LogP contribution in [0.3, 0.4) is 0 Å². The van der Waals surface area contributed by atoms with Crippen molar-refractivity contribution in [3.05, 3.63) is 84.3 Å². The Balaban J connectivity index is 2.15. The third-order valence-electron chi connectivity index (χ3n) is 3.76. The zero-order valence-corrected chi connectivity index (χ0v) is 11.1. The van der Waals surface area contributed by atoms with E-state index in [1.165, 1.54) is 0 Å². The lowest BCUT2D eigenvalue weighted by Gasteiger charge is -2.37. The molecule has 0 radical (unpaired) electrons. The summed E-state index contributed by atoms with van der Waals surface area (Å²) in [5.74, 6) is 0.